The molecule has 18 heavy (non-hydrogen) atoms. The molecule has 4 heteroatoms. The van der Waals surface area contributed by atoms with Crippen molar-refractivity contribution in [2.45, 2.75) is 13.3 Å². The highest BCUT2D eigenvalue weighted by atomic mass is 16.6. The standard InChI is InChI=1S/C14H13NO3/c1-11-3-2-4-13(8-5-11)18-14-9-6-12(7-10-14)15(16)17/h3-10H,2H2,1H3. The number of non-ortho nitro benzene ring substituents is 1. The Kier molecular flexibility index (Phi) is 3.57. The fraction of sp³-hybridized carbons (Fsp3) is 0.143. The summed E-state index contributed by atoms with van der Waals surface area (Å²) in [5.41, 5.74) is 1.25. The van der Waals surface area contributed by atoms with Crippen molar-refractivity contribution in [3.63, 3.8) is 0 Å². The van der Waals surface area contributed by atoms with E-state index >= 15 is 0 Å². The Morgan fingerprint density at radius 3 is 2.56 bits per heavy atom. The predicted molar refractivity (Wildman–Crippen MR) is 69.3 cm³/mol. The number of ether oxygens (including phenoxy) is 1. The molecule has 0 amide bonds. The molecule has 2 rings (SSSR count). The number of benzene rings is 1. The van der Waals surface area contributed by atoms with Crippen LogP contribution in [-0.4, -0.2) is 4.92 Å². The van der Waals surface area contributed by atoms with Gasteiger partial charge in [0.2, 0.25) is 0 Å². The van der Waals surface area contributed by atoms with Gasteiger partial charge in [0.25, 0.3) is 5.69 Å². The van der Waals surface area contributed by atoms with E-state index in [2.05, 4.69) is 6.08 Å². The first-order chi connectivity index (χ1) is 8.65. The maximum atomic E-state index is 10.5. The van der Waals surface area contributed by atoms with E-state index in [1.165, 1.54) is 17.7 Å². The van der Waals surface area contributed by atoms with Crippen molar-refractivity contribution in [1.29, 1.82) is 0 Å². The van der Waals surface area contributed by atoms with Crippen molar-refractivity contribution in [2.24, 2.45) is 0 Å². The zero-order valence-electron chi connectivity index (χ0n) is 10.00. The minimum atomic E-state index is -0.429. The van der Waals surface area contributed by atoms with E-state index in [1.807, 2.05) is 25.2 Å². The molecule has 0 spiro atoms. The Bertz CT molecular complexity index is 539. The van der Waals surface area contributed by atoms with E-state index in [0.29, 0.717) is 5.75 Å². The maximum Gasteiger partial charge on any atom is 0.269 e. The Balaban J connectivity index is 2.08. The third kappa shape index (κ3) is 3.07. The first-order valence-electron chi connectivity index (χ1n) is 5.62. The average Bonchev–Trinajstić information content (AvgIpc) is 2.55. The number of hydrogen-bond donors (Lipinski definition) is 0. The van der Waals surface area contributed by atoms with Crippen LogP contribution in [0.5, 0.6) is 5.75 Å². The lowest BCUT2D eigenvalue weighted by atomic mass is 10.2. The molecule has 0 N–H and O–H groups in total. The molecule has 0 atom stereocenters. The highest BCUT2D eigenvalue weighted by Crippen LogP contribution is 2.21. The zero-order valence-corrected chi connectivity index (χ0v) is 10.00. The van der Waals surface area contributed by atoms with Crippen molar-refractivity contribution in [3.05, 3.63) is 70.0 Å². The van der Waals surface area contributed by atoms with Crippen molar-refractivity contribution < 1.29 is 9.66 Å². The second-order valence-corrected chi connectivity index (χ2v) is 3.98. The molecule has 92 valence electrons. The lowest BCUT2D eigenvalue weighted by molar-refractivity contribution is -0.384. The van der Waals surface area contributed by atoms with Crippen LogP contribution in [0.1, 0.15) is 13.3 Å². The van der Waals surface area contributed by atoms with Crippen LogP contribution < -0.4 is 4.74 Å². The fourth-order valence-corrected chi connectivity index (χ4v) is 1.56. The van der Waals surface area contributed by atoms with E-state index in [4.69, 9.17) is 4.74 Å². The fourth-order valence-electron chi connectivity index (χ4n) is 1.56. The predicted octanol–water partition coefficient (Wildman–Crippen LogP) is 3.76. The maximum absolute atomic E-state index is 10.5. The van der Waals surface area contributed by atoms with Crippen LogP contribution in [-0.2, 0) is 0 Å². The lowest BCUT2D eigenvalue weighted by Gasteiger charge is -2.05. The topological polar surface area (TPSA) is 52.4 Å². The van der Waals surface area contributed by atoms with Crippen LogP contribution in [0.4, 0.5) is 5.69 Å². The Morgan fingerprint density at radius 1 is 1.17 bits per heavy atom. The molecular formula is C14H13NO3. The van der Waals surface area contributed by atoms with Gasteiger partial charge in [-0.05, 0) is 37.6 Å². The second-order valence-electron chi connectivity index (χ2n) is 3.98. The average molecular weight is 243 g/mol. The summed E-state index contributed by atoms with van der Waals surface area (Å²) in [6, 6.07) is 6.05. The lowest BCUT2D eigenvalue weighted by Crippen LogP contribution is -1.93. The minimum absolute atomic E-state index is 0.0604. The summed E-state index contributed by atoms with van der Waals surface area (Å²) in [6.45, 7) is 2.03. The Labute approximate surface area is 105 Å². The van der Waals surface area contributed by atoms with E-state index in [0.717, 1.165) is 12.2 Å². The normalized spacial score (nSPS) is 14.5. The molecule has 0 aromatic heterocycles. The van der Waals surface area contributed by atoms with Gasteiger partial charge in [0.05, 0.1) is 4.92 Å². The molecular weight excluding hydrogens is 230 g/mol. The van der Waals surface area contributed by atoms with Gasteiger partial charge in [-0.25, -0.2) is 0 Å². The van der Waals surface area contributed by atoms with Crippen LogP contribution >= 0.6 is 0 Å². The molecule has 0 fully saturated rings. The summed E-state index contributed by atoms with van der Waals surface area (Å²) in [5.74, 6) is 1.34. The molecule has 0 bridgehead atoms. The Hall–Kier alpha value is -2.36. The van der Waals surface area contributed by atoms with Gasteiger partial charge in [-0.3, -0.25) is 10.1 Å². The first-order valence-corrected chi connectivity index (χ1v) is 5.62. The molecule has 0 saturated heterocycles. The van der Waals surface area contributed by atoms with Gasteiger partial charge in [-0.1, -0.05) is 17.7 Å². The molecule has 0 aliphatic heterocycles. The largest absolute Gasteiger partial charge is 0.458 e. The van der Waals surface area contributed by atoms with Crippen LogP contribution in [0.3, 0.4) is 0 Å². The third-order valence-corrected chi connectivity index (χ3v) is 2.55. The van der Waals surface area contributed by atoms with Crippen molar-refractivity contribution in [3.8, 4) is 5.75 Å². The van der Waals surface area contributed by atoms with Gasteiger partial charge >= 0.3 is 0 Å². The highest BCUT2D eigenvalue weighted by Gasteiger charge is 2.05. The number of rotatable bonds is 3. The van der Waals surface area contributed by atoms with E-state index in [9.17, 15) is 10.1 Å². The van der Waals surface area contributed by atoms with E-state index in [-0.39, 0.29) is 5.69 Å². The van der Waals surface area contributed by atoms with Crippen LogP contribution in [0.15, 0.2) is 59.9 Å². The number of nitro groups is 1. The SMILES string of the molecule is CC1=CCC=C(Oc2ccc([N+](=O)[O-])cc2)C=C1. The third-order valence-electron chi connectivity index (χ3n) is 2.55. The van der Waals surface area contributed by atoms with Gasteiger partial charge in [0, 0.05) is 12.1 Å². The first kappa shape index (κ1) is 12.1. The molecule has 1 aromatic carbocycles. The smallest absolute Gasteiger partial charge is 0.269 e. The molecule has 1 aliphatic rings. The zero-order chi connectivity index (χ0) is 13.0. The quantitative estimate of drug-likeness (QED) is 0.599. The highest BCUT2D eigenvalue weighted by molar-refractivity contribution is 5.38. The van der Waals surface area contributed by atoms with Gasteiger partial charge in [0.15, 0.2) is 0 Å². The summed E-state index contributed by atoms with van der Waals surface area (Å²) >= 11 is 0. The van der Waals surface area contributed by atoms with Crippen LogP contribution in [0.25, 0.3) is 0 Å². The van der Waals surface area contributed by atoms with Crippen LogP contribution in [0.2, 0.25) is 0 Å². The summed E-state index contributed by atoms with van der Waals surface area (Å²) in [7, 11) is 0. The number of hydrogen-bond acceptors (Lipinski definition) is 3. The summed E-state index contributed by atoms with van der Waals surface area (Å²) in [5, 5.41) is 10.5. The molecule has 0 radical (unpaired) electrons. The van der Waals surface area contributed by atoms with Crippen molar-refractivity contribution >= 4 is 5.69 Å². The molecule has 4 nitrogen and oxygen atoms in total. The van der Waals surface area contributed by atoms with E-state index < -0.39 is 4.92 Å². The van der Waals surface area contributed by atoms with Gasteiger partial charge < -0.3 is 4.74 Å². The van der Waals surface area contributed by atoms with E-state index in [1.54, 1.807) is 12.1 Å². The molecule has 0 saturated carbocycles. The van der Waals surface area contributed by atoms with Crippen molar-refractivity contribution in [2.75, 3.05) is 0 Å². The Morgan fingerprint density at radius 2 is 1.89 bits per heavy atom. The van der Waals surface area contributed by atoms with Gasteiger partial charge in [-0.2, -0.15) is 0 Å². The van der Waals surface area contributed by atoms with Gasteiger partial charge in [-0.15, -0.1) is 0 Å². The number of nitro benzene ring substituents is 1. The van der Waals surface area contributed by atoms with Crippen LogP contribution in [0, 0.1) is 10.1 Å². The molecule has 1 aliphatic carbocycles. The number of nitrogens with zero attached hydrogens (tertiary/aromatic N) is 1. The summed E-state index contributed by atoms with van der Waals surface area (Å²) in [4.78, 5) is 10.1. The monoisotopic (exact) mass is 243 g/mol. The van der Waals surface area contributed by atoms with Gasteiger partial charge in [0.1, 0.15) is 11.5 Å². The minimum Gasteiger partial charge on any atom is -0.458 e. The summed E-state index contributed by atoms with van der Waals surface area (Å²) < 4.78 is 5.64. The molecule has 0 heterocycles. The molecule has 0 unspecified atom stereocenters. The van der Waals surface area contributed by atoms with Crippen molar-refractivity contribution in [1.82, 2.24) is 0 Å². The summed E-state index contributed by atoms with van der Waals surface area (Å²) in [6.07, 6.45) is 8.75. The number of allylic oxidation sites excluding steroid dienone is 5. The second kappa shape index (κ2) is 5.31. The molecule has 1 aromatic rings.